The molecule has 5 heteroatoms. The fraction of sp³-hybridized carbons (Fsp3) is 0.357. The summed E-state index contributed by atoms with van der Waals surface area (Å²) < 4.78 is 0. The maximum Gasteiger partial charge on any atom is 0.304 e. The van der Waals surface area contributed by atoms with Crippen molar-refractivity contribution < 1.29 is 0 Å². The van der Waals surface area contributed by atoms with E-state index >= 15 is 0 Å². The summed E-state index contributed by atoms with van der Waals surface area (Å²) in [5.74, 6) is 0. The molecule has 100 valence electrons. The van der Waals surface area contributed by atoms with Crippen LogP contribution in [0.3, 0.4) is 0 Å². The predicted octanol–water partition coefficient (Wildman–Crippen LogP) is 1.58. The molecule has 1 aliphatic heterocycles. The zero-order chi connectivity index (χ0) is 13.1. The third kappa shape index (κ3) is 3.12. The predicted molar refractivity (Wildman–Crippen MR) is 77.4 cm³/mol. The van der Waals surface area contributed by atoms with E-state index in [9.17, 15) is 4.79 Å². The van der Waals surface area contributed by atoms with Gasteiger partial charge in [0.2, 0.25) is 0 Å². The number of rotatable bonds is 3. The minimum Gasteiger partial charge on any atom is -0.315 e. The molecule has 0 saturated carbocycles. The first-order chi connectivity index (χ1) is 9.31. The van der Waals surface area contributed by atoms with Crippen molar-refractivity contribution in [3.05, 3.63) is 56.6 Å². The van der Waals surface area contributed by atoms with Crippen LogP contribution in [0.15, 0.2) is 40.5 Å². The van der Waals surface area contributed by atoms with Gasteiger partial charge >= 0.3 is 4.87 Å². The Bertz CT molecular complexity index is 578. The molecule has 1 aliphatic rings. The van der Waals surface area contributed by atoms with Gasteiger partial charge in [0.15, 0.2) is 0 Å². The smallest absolute Gasteiger partial charge is 0.304 e. The molecule has 0 amide bonds. The molecular formula is C14H17N3OS. The van der Waals surface area contributed by atoms with E-state index < -0.39 is 0 Å². The standard InChI is InChI=1S/C14H17N3OS/c18-14-16-12(10-19-14)8-17-7-6-15-13(9-17)11-4-2-1-3-5-11/h1-5,10,13,15H,6-9H2,(H,16,18). The monoisotopic (exact) mass is 275 g/mol. The molecule has 19 heavy (non-hydrogen) atoms. The van der Waals surface area contributed by atoms with Crippen LogP contribution >= 0.6 is 11.3 Å². The first-order valence-electron chi connectivity index (χ1n) is 6.48. The molecule has 0 radical (unpaired) electrons. The molecule has 1 saturated heterocycles. The number of nitrogens with zero attached hydrogens (tertiary/aromatic N) is 1. The van der Waals surface area contributed by atoms with Gasteiger partial charge in [0.1, 0.15) is 0 Å². The lowest BCUT2D eigenvalue weighted by Crippen LogP contribution is -2.45. The first kappa shape index (κ1) is 12.6. The van der Waals surface area contributed by atoms with E-state index in [0.29, 0.717) is 6.04 Å². The number of hydrogen-bond acceptors (Lipinski definition) is 4. The zero-order valence-corrected chi connectivity index (χ0v) is 11.5. The third-order valence-corrected chi connectivity index (χ3v) is 4.14. The highest BCUT2D eigenvalue weighted by Gasteiger charge is 2.20. The van der Waals surface area contributed by atoms with Crippen molar-refractivity contribution in [2.45, 2.75) is 12.6 Å². The molecule has 0 bridgehead atoms. The number of benzene rings is 1. The van der Waals surface area contributed by atoms with Crippen LogP contribution in [-0.4, -0.2) is 29.5 Å². The summed E-state index contributed by atoms with van der Waals surface area (Å²) in [6.07, 6.45) is 0. The highest BCUT2D eigenvalue weighted by atomic mass is 32.1. The Kier molecular flexibility index (Phi) is 3.77. The Labute approximate surface area is 116 Å². The topological polar surface area (TPSA) is 48.1 Å². The molecule has 1 unspecified atom stereocenters. The first-order valence-corrected chi connectivity index (χ1v) is 7.36. The molecule has 0 aliphatic carbocycles. The molecule has 2 N–H and O–H groups in total. The molecule has 3 rings (SSSR count). The van der Waals surface area contributed by atoms with Crippen molar-refractivity contribution in [2.75, 3.05) is 19.6 Å². The van der Waals surface area contributed by atoms with Crippen LogP contribution < -0.4 is 10.2 Å². The second-order valence-corrected chi connectivity index (χ2v) is 5.67. The molecule has 1 atom stereocenters. The average molecular weight is 275 g/mol. The quantitative estimate of drug-likeness (QED) is 0.894. The summed E-state index contributed by atoms with van der Waals surface area (Å²) in [4.78, 5) is 16.4. The molecular weight excluding hydrogens is 258 g/mol. The number of hydrogen-bond donors (Lipinski definition) is 2. The minimum absolute atomic E-state index is 0.0322. The summed E-state index contributed by atoms with van der Waals surface area (Å²) in [6.45, 7) is 3.79. The molecule has 1 aromatic heterocycles. The maximum absolute atomic E-state index is 11.1. The third-order valence-electron chi connectivity index (χ3n) is 3.43. The van der Waals surface area contributed by atoms with Gasteiger partial charge in [0, 0.05) is 43.3 Å². The van der Waals surface area contributed by atoms with Gasteiger partial charge in [-0.15, -0.1) is 0 Å². The van der Waals surface area contributed by atoms with Gasteiger partial charge in [0.25, 0.3) is 0 Å². The van der Waals surface area contributed by atoms with E-state index in [1.807, 2.05) is 11.4 Å². The van der Waals surface area contributed by atoms with Crippen molar-refractivity contribution >= 4 is 11.3 Å². The van der Waals surface area contributed by atoms with E-state index in [1.165, 1.54) is 16.9 Å². The molecule has 2 aromatic rings. The summed E-state index contributed by atoms with van der Waals surface area (Å²) >= 11 is 1.24. The largest absolute Gasteiger partial charge is 0.315 e. The normalized spacial score (nSPS) is 20.5. The second kappa shape index (κ2) is 5.69. The lowest BCUT2D eigenvalue weighted by Gasteiger charge is -2.33. The van der Waals surface area contributed by atoms with Crippen molar-refractivity contribution in [1.29, 1.82) is 0 Å². The lowest BCUT2D eigenvalue weighted by atomic mass is 10.0. The summed E-state index contributed by atoms with van der Waals surface area (Å²) in [7, 11) is 0. The van der Waals surface area contributed by atoms with Gasteiger partial charge in [-0.1, -0.05) is 41.7 Å². The SMILES string of the molecule is O=c1[nH]c(CN2CCNC(c3ccccc3)C2)cs1. The Balaban J connectivity index is 1.66. The van der Waals surface area contributed by atoms with Crippen LogP contribution in [0.5, 0.6) is 0 Å². The Morgan fingerprint density at radius 2 is 2.16 bits per heavy atom. The van der Waals surface area contributed by atoms with Gasteiger partial charge in [-0.05, 0) is 5.56 Å². The van der Waals surface area contributed by atoms with Crippen LogP contribution in [0, 0.1) is 0 Å². The number of nitrogens with one attached hydrogen (secondary N) is 2. The number of thiazole rings is 1. The van der Waals surface area contributed by atoms with E-state index in [1.54, 1.807) is 0 Å². The summed E-state index contributed by atoms with van der Waals surface area (Å²) in [5, 5.41) is 5.46. The van der Waals surface area contributed by atoms with E-state index in [2.05, 4.69) is 39.5 Å². The van der Waals surface area contributed by atoms with Crippen molar-refractivity contribution in [2.24, 2.45) is 0 Å². The molecule has 1 aromatic carbocycles. The number of piperazine rings is 1. The summed E-state index contributed by atoms with van der Waals surface area (Å²) in [5.41, 5.74) is 2.34. The molecule has 1 fully saturated rings. The number of H-pyrrole nitrogens is 1. The van der Waals surface area contributed by atoms with Crippen LogP contribution in [0.25, 0.3) is 0 Å². The molecule has 0 spiro atoms. The van der Waals surface area contributed by atoms with E-state index in [4.69, 9.17) is 0 Å². The molecule has 4 nitrogen and oxygen atoms in total. The maximum atomic E-state index is 11.1. The fourth-order valence-electron chi connectivity index (χ4n) is 2.50. The number of aromatic nitrogens is 1. The van der Waals surface area contributed by atoms with Gasteiger partial charge in [-0.2, -0.15) is 0 Å². The van der Waals surface area contributed by atoms with Crippen LogP contribution in [0.4, 0.5) is 0 Å². The zero-order valence-electron chi connectivity index (χ0n) is 10.6. The Morgan fingerprint density at radius 1 is 1.32 bits per heavy atom. The van der Waals surface area contributed by atoms with Gasteiger partial charge < -0.3 is 10.3 Å². The average Bonchev–Trinajstić information content (AvgIpc) is 2.85. The highest BCUT2D eigenvalue weighted by molar-refractivity contribution is 7.07. The van der Waals surface area contributed by atoms with Gasteiger partial charge in [-0.25, -0.2) is 0 Å². The van der Waals surface area contributed by atoms with Crippen molar-refractivity contribution in [3.8, 4) is 0 Å². The highest BCUT2D eigenvalue weighted by Crippen LogP contribution is 2.18. The lowest BCUT2D eigenvalue weighted by molar-refractivity contribution is 0.191. The van der Waals surface area contributed by atoms with Crippen molar-refractivity contribution in [3.63, 3.8) is 0 Å². The van der Waals surface area contributed by atoms with Crippen LogP contribution in [0.1, 0.15) is 17.3 Å². The molecule has 2 heterocycles. The second-order valence-electron chi connectivity index (χ2n) is 4.83. The van der Waals surface area contributed by atoms with Crippen LogP contribution in [0.2, 0.25) is 0 Å². The van der Waals surface area contributed by atoms with E-state index in [-0.39, 0.29) is 4.87 Å². The Hall–Kier alpha value is -1.43. The van der Waals surface area contributed by atoms with E-state index in [0.717, 1.165) is 31.9 Å². The van der Waals surface area contributed by atoms with Gasteiger partial charge in [-0.3, -0.25) is 9.69 Å². The minimum atomic E-state index is 0.0322. The number of aromatic amines is 1. The van der Waals surface area contributed by atoms with Crippen LogP contribution in [-0.2, 0) is 6.54 Å². The van der Waals surface area contributed by atoms with Crippen molar-refractivity contribution in [1.82, 2.24) is 15.2 Å². The van der Waals surface area contributed by atoms with Gasteiger partial charge in [0.05, 0.1) is 0 Å². The Morgan fingerprint density at radius 3 is 2.89 bits per heavy atom. The fourth-order valence-corrected chi connectivity index (χ4v) is 3.07. The summed E-state index contributed by atoms with van der Waals surface area (Å²) in [6, 6.07) is 10.9.